The van der Waals surface area contributed by atoms with Gasteiger partial charge in [-0.25, -0.2) is 13.8 Å². The predicted molar refractivity (Wildman–Crippen MR) is 151 cm³/mol. The topological polar surface area (TPSA) is 144 Å². The summed E-state index contributed by atoms with van der Waals surface area (Å²) < 4.78 is 38.4. The quantitative estimate of drug-likeness (QED) is 0.216. The molecule has 0 aromatic heterocycles. The summed E-state index contributed by atoms with van der Waals surface area (Å²) in [4.78, 5) is 25.7. The predicted octanol–water partition coefficient (Wildman–Crippen LogP) is 3.44. The van der Waals surface area contributed by atoms with Gasteiger partial charge in [-0.3, -0.25) is 19.2 Å². The van der Waals surface area contributed by atoms with E-state index in [-0.39, 0.29) is 21.3 Å². The summed E-state index contributed by atoms with van der Waals surface area (Å²) in [6.45, 7) is 1.56. The van der Waals surface area contributed by atoms with Crippen LogP contribution >= 0.6 is 11.6 Å². The first-order valence-electron chi connectivity index (χ1n) is 12.0. The SMILES string of the molecule is COc1ccc(N(CC(=O)N/N=C/c2cc([N+](=O)[O-])ccc2N2CCOCC2)S(=O)(=O)c2ccccc2)cc1Cl. The second kappa shape index (κ2) is 12.8. The molecule has 14 heteroatoms. The van der Waals surface area contributed by atoms with Crippen LogP contribution in [-0.2, 0) is 19.6 Å². The van der Waals surface area contributed by atoms with Gasteiger partial charge in [-0.15, -0.1) is 0 Å². The normalized spacial score (nSPS) is 13.7. The maximum absolute atomic E-state index is 13.5. The van der Waals surface area contributed by atoms with Crippen molar-refractivity contribution < 1.29 is 27.6 Å². The summed E-state index contributed by atoms with van der Waals surface area (Å²) in [5.74, 6) is -0.411. The van der Waals surface area contributed by atoms with Crippen LogP contribution in [0.25, 0.3) is 0 Å². The maximum atomic E-state index is 13.5. The van der Waals surface area contributed by atoms with Gasteiger partial charge in [0, 0.05) is 36.5 Å². The van der Waals surface area contributed by atoms with Crippen molar-refractivity contribution in [2.24, 2.45) is 5.10 Å². The first-order chi connectivity index (χ1) is 19.2. The fourth-order valence-corrected chi connectivity index (χ4v) is 5.72. The molecule has 0 atom stereocenters. The number of non-ortho nitro benzene ring substituents is 1. The third-order valence-corrected chi connectivity index (χ3v) is 8.09. The van der Waals surface area contributed by atoms with Gasteiger partial charge in [-0.2, -0.15) is 5.10 Å². The van der Waals surface area contributed by atoms with Gasteiger partial charge in [0.25, 0.3) is 21.6 Å². The summed E-state index contributed by atoms with van der Waals surface area (Å²) >= 11 is 6.24. The number of rotatable bonds is 10. The molecule has 0 unspecified atom stereocenters. The van der Waals surface area contributed by atoms with Crippen molar-refractivity contribution in [3.8, 4) is 5.75 Å². The Kier molecular flexibility index (Phi) is 9.19. The molecule has 1 saturated heterocycles. The van der Waals surface area contributed by atoms with Crippen molar-refractivity contribution >= 4 is 50.8 Å². The van der Waals surface area contributed by atoms with Gasteiger partial charge >= 0.3 is 0 Å². The summed E-state index contributed by atoms with van der Waals surface area (Å²) in [6, 6.07) is 16.4. The molecular weight excluding hydrogens is 562 g/mol. The van der Waals surface area contributed by atoms with E-state index in [1.807, 2.05) is 4.90 Å². The van der Waals surface area contributed by atoms with E-state index >= 15 is 0 Å². The van der Waals surface area contributed by atoms with Gasteiger partial charge in [0.2, 0.25) is 0 Å². The molecule has 1 aliphatic rings. The zero-order valence-electron chi connectivity index (χ0n) is 21.4. The van der Waals surface area contributed by atoms with E-state index in [0.29, 0.717) is 43.3 Å². The van der Waals surface area contributed by atoms with Crippen LogP contribution in [0.15, 0.2) is 76.7 Å². The van der Waals surface area contributed by atoms with Crippen molar-refractivity contribution in [3.63, 3.8) is 0 Å². The number of ether oxygens (including phenoxy) is 2. The fourth-order valence-electron chi connectivity index (χ4n) is 4.04. The number of carbonyl (C=O) groups excluding carboxylic acids is 1. The molecule has 3 aromatic rings. The Bertz CT molecular complexity index is 1510. The number of sulfonamides is 1. The highest BCUT2D eigenvalue weighted by atomic mass is 35.5. The average molecular weight is 588 g/mol. The number of carbonyl (C=O) groups is 1. The number of anilines is 2. The van der Waals surface area contributed by atoms with E-state index in [1.165, 1.54) is 55.8 Å². The Morgan fingerprint density at radius 3 is 2.55 bits per heavy atom. The van der Waals surface area contributed by atoms with Crippen LogP contribution in [0.2, 0.25) is 5.02 Å². The molecule has 1 amide bonds. The minimum Gasteiger partial charge on any atom is -0.495 e. The molecule has 4 rings (SSSR count). The molecule has 1 N–H and O–H groups in total. The molecule has 210 valence electrons. The molecule has 1 heterocycles. The number of amides is 1. The van der Waals surface area contributed by atoms with Gasteiger partial charge in [0.15, 0.2) is 0 Å². The van der Waals surface area contributed by atoms with E-state index in [1.54, 1.807) is 24.3 Å². The number of halogens is 1. The van der Waals surface area contributed by atoms with Gasteiger partial charge in [-0.1, -0.05) is 29.8 Å². The Morgan fingerprint density at radius 2 is 1.90 bits per heavy atom. The standard InChI is InChI=1S/C26H26ClN5O7S/c1-38-25-10-8-20(16-23(25)27)31(40(36,37)22-5-3-2-4-6-22)18-26(33)29-28-17-19-15-21(32(34)35)7-9-24(19)30-11-13-39-14-12-30/h2-10,15-17H,11-14,18H2,1H3,(H,29,33)/b28-17+. The Morgan fingerprint density at radius 1 is 1.18 bits per heavy atom. The van der Waals surface area contributed by atoms with E-state index < -0.39 is 27.4 Å². The molecule has 0 spiro atoms. The van der Waals surface area contributed by atoms with Crippen molar-refractivity contribution in [3.05, 3.63) is 87.4 Å². The van der Waals surface area contributed by atoms with E-state index in [9.17, 15) is 23.3 Å². The molecule has 40 heavy (non-hydrogen) atoms. The smallest absolute Gasteiger partial charge is 0.270 e. The molecule has 1 fully saturated rings. The van der Waals surface area contributed by atoms with Crippen molar-refractivity contribution in [1.82, 2.24) is 5.43 Å². The Hall–Kier alpha value is -4.20. The van der Waals surface area contributed by atoms with Crippen LogP contribution in [0.3, 0.4) is 0 Å². The second-order valence-corrected chi connectivity index (χ2v) is 10.8. The molecule has 0 aliphatic carbocycles. The summed E-state index contributed by atoms with van der Waals surface area (Å²) in [6.07, 6.45) is 1.29. The van der Waals surface area contributed by atoms with Gasteiger partial charge < -0.3 is 14.4 Å². The highest BCUT2D eigenvalue weighted by Crippen LogP contribution is 2.32. The molecule has 3 aromatic carbocycles. The van der Waals surface area contributed by atoms with Crippen molar-refractivity contribution in [1.29, 1.82) is 0 Å². The highest BCUT2D eigenvalue weighted by molar-refractivity contribution is 7.92. The number of hydrogen-bond acceptors (Lipinski definition) is 9. The highest BCUT2D eigenvalue weighted by Gasteiger charge is 2.28. The minimum atomic E-state index is -4.17. The molecular formula is C26H26ClN5O7S. The lowest BCUT2D eigenvalue weighted by Crippen LogP contribution is -2.39. The number of hydrazone groups is 1. The maximum Gasteiger partial charge on any atom is 0.270 e. The molecule has 12 nitrogen and oxygen atoms in total. The third kappa shape index (κ3) is 6.68. The van der Waals surface area contributed by atoms with Crippen LogP contribution in [0.5, 0.6) is 5.75 Å². The monoisotopic (exact) mass is 587 g/mol. The van der Waals surface area contributed by atoms with Crippen molar-refractivity contribution in [2.75, 3.05) is 49.2 Å². The first kappa shape index (κ1) is 28.8. The molecule has 0 saturated carbocycles. The first-order valence-corrected chi connectivity index (χ1v) is 13.9. The number of hydrogen-bond donors (Lipinski definition) is 1. The summed E-state index contributed by atoms with van der Waals surface area (Å²) in [5.41, 5.74) is 3.43. The number of nitro groups is 1. The molecule has 0 bridgehead atoms. The van der Waals surface area contributed by atoms with E-state index in [4.69, 9.17) is 21.1 Å². The number of nitro benzene ring substituents is 1. The Labute approximate surface area is 235 Å². The second-order valence-electron chi connectivity index (χ2n) is 8.54. The van der Waals surface area contributed by atoms with E-state index in [2.05, 4.69) is 10.5 Å². The Balaban J connectivity index is 1.59. The van der Waals surface area contributed by atoms with Crippen LogP contribution in [0.4, 0.5) is 17.1 Å². The molecule has 0 radical (unpaired) electrons. The zero-order valence-corrected chi connectivity index (χ0v) is 23.0. The number of nitrogens with one attached hydrogen (secondary N) is 1. The zero-order chi connectivity index (χ0) is 28.7. The number of nitrogens with zero attached hydrogens (tertiary/aromatic N) is 4. The van der Waals surface area contributed by atoms with Crippen LogP contribution in [-0.4, -0.2) is 65.4 Å². The van der Waals surface area contributed by atoms with Crippen LogP contribution in [0.1, 0.15) is 5.56 Å². The van der Waals surface area contributed by atoms with Crippen LogP contribution in [0, 0.1) is 10.1 Å². The van der Waals surface area contributed by atoms with Crippen LogP contribution < -0.4 is 19.4 Å². The number of methoxy groups -OCH3 is 1. The van der Waals surface area contributed by atoms with Gasteiger partial charge in [-0.05, 0) is 36.4 Å². The lowest BCUT2D eigenvalue weighted by atomic mass is 10.1. The van der Waals surface area contributed by atoms with E-state index in [0.717, 1.165) is 4.31 Å². The van der Waals surface area contributed by atoms with Gasteiger partial charge in [0.05, 0.1) is 47.1 Å². The third-order valence-electron chi connectivity index (χ3n) is 6.01. The number of benzene rings is 3. The summed E-state index contributed by atoms with van der Waals surface area (Å²) in [5, 5.41) is 15.5. The van der Waals surface area contributed by atoms with Gasteiger partial charge in [0.1, 0.15) is 12.3 Å². The molecule has 1 aliphatic heterocycles. The summed E-state index contributed by atoms with van der Waals surface area (Å²) in [7, 11) is -2.74. The number of morpholine rings is 1. The lowest BCUT2D eigenvalue weighted by Gasteiger charge is -2.29. The fraction of sp³-hybridized carbons (Fsp3) is 0.231. The van der Waals surface area contributed by atoms with Crippen molar-refractivity contribution in [2.45, 2.75) is 4.90 Å². The minimum absolute atomic E-state index is 0.0232. The average Bonchev–Trinajstić information content (AvgIpc) is 2.96. The lowest BCUT2D eigenvalue weighted by molar-refractivity contribution is -0.384. The largest absolute Gasteiger partial charge is 0.495 e.